The summed E-state index contributed by atoms with van der Waals surface area (Å²) in [6.45, 7) is 7.56. The fraction of sp³-hybridized carbons (Fsp3) is 0.379. The molecule has 1 aliphatic carbocycles. The summed E-state index contributed by atoms with van der Waals surface area (Å²) in [5.74, 6) is 6.84. The quantitative estimate of drug-likeness (QED) is 0.549. The maximum Gasteiger partial charge on any atom is 0.252 e. The first-order chi connectivity index (χ1) is 16.4. The molecule has 3 aromatic rings. The van der Waals surface area contributed by atoms with Crippen molar-refractivity contribution in [1.29, 1.82) is 0 Å². The van der Waals surface area contributed by atoms with E-state index in [2.05, 4.69) is 41.2 Å². The molecule has 2 aliphatic rings. The van der Waals surface area contributed by atoms with Crippen LogP contribution < -0.4 is 10.1 Å². The van der Waals surface area contributed by atoms with Crippen LogP contribution in [0.1, 0.15) is 58.9 Å². The molecule has 1 aromatic heterocycles. The molecule has 34 heavy (non-hydrogen) atoms. The Kier molecular flexibility index (Phi) is 5.79. The van der Waals surface area contributed by atoms with Gasteiger partial charge in [-0.3, -0.25) is 14.7 Å². The van der Waals surface area contributed by atoms with Crippen molar-refractivity contribution < 1.29 is 9.53 Å². The lowest BCUT2D eigenvalue weighted by atomic mass is 9.95. The van der Waals surface area contributed by atoms with Crippen molar-refractivity contribution in [2.45, 2.75) is 51.6 Å². The second-order valence-corrected chi connectivity index (χ2v) is 9.67. The number of ether oxygens (including phenoxy) is 1. The standard InChI is InChI=1S/C29H31N3O2/c1-5-6-21-15-26(24-10-8-20(3)30-27(24)16-21)29(12-13-29)31-28(33)25-17-23(9-7-19(25)2)34-18-22-11-14-32(22)4/h7-10,15-17,22H,11-14,18H2,1-4H3,(H,31,33). The highest BCUT2D eigenvalue weighted by atomic mass is 16.5. The predicted octanol–water partition coefficient (Wildman–Crippen LogP) is 4.73. The zero-order valence-corrected chi connectivity index (χ0v) is 20.4. The number of amides is 1. The number of rotatable bonds is 6. The first-order valence-corrected chi connectivity index (χ1v) is 12.0. The van der Waals surface area contributed by atoms with Crippen LogP contribution in [0.4, 0.5) is 0 Å². The second kappa shape index (κ2) is 8.77. The summed E-state index contributed by atoms with van der Waals surface area (Å²) >= 11 is 0. The first-order valence-electron chi connectivity index (χ1n) is 12.0. The van der Waals surface area contributed by atoms with Gasteiger partial charge >= 0.3 is 0 Å². The Hall–Kier alpha value is -3.36. The van der Waals surface area contributed by atoms with Crippen LogP contribution in [0.25, 0.3) is 10.9 Å². The van der Waals surface area contributed by atoms with Crippen molar-refractivity contribution in [3.63, 3.8) is 0 Å². The van der Waals surface area contributed by atoms with Crippen molar-refractivity contribution in [2.75, 3.05) is 20.2 Å². The van der Waals surface area contributed by atoms with Gasteiger partial charge in [0.25, 0.3) is 5.91 Å². The van der Waals surface area contributed by atoms with Gasteiger partial charge in [-0.1, -0.05) is 18.1 Å². The number of nitrogens with zero attached hydrogens (tertiary/aromatic N) is 2. The number of likely N-dealkylation sites (N-methyl/N-ethyl adjacent to an activating group) is 1. The van der Waals surface area contributed by atoms with E-state index in [0.717, 1.165) is 64.8 Å². The van der Waals surface area contributed by atoms with Gasteiger partial charge in [0.2, 0.25) is 0 Å². The van der Waals surface area contributed by atoms with Gasteiger partial charge in [-0.05, 0) is 95.1 Å². The van der Waals surface area contributed by atoms with E-state index in [0.29, 0.717) is 18.2 Å². The third-order valence-corrected chi connectivity index (χ3v) is 7.17. The molecule has 5 nitrogen and oxygen atoms in total. The van der Waals surface area contributed by atoms with Gasteiger partial charge in [-0.2, -0.15) is 0 Å². The van der Waals surface area contributed by atoms with E-state index < -0.39 is 5.54 Å². The number of aryl methyl sites for hydroxylation is 2. The zero-order valence-electron chi connectivity index (χ0n) is 20.4. The molecule has 0 bridgehead atoms. The molecule has 1 unspecified atom stereocenters. The summed E-state index contributed by atoms with van der Waals surface area (Å²) in [7, 11) is 2.11. The number of hydrogen-bond acceptors (Lipinski definition) is 4. The molecule has 1 atom stereocenters. The van der Waals surface area contributed by atoms with E-state index in [9.17, 15) is 4.79 Å². The van der Waals surface area contributed by atoms with Crippen LogP contribution in [0.5, 0.6) is 5.75 Å². The molecule has 0 spiro atoms. The Bertz CT molecular complexity index is 1330. The van der Waals surface area contributed by atoms with E-state index >= 15 is 0 Å². The van der Waals surface area contributed by atoms with E-state index in [-0.39, 0.29) is 5.91 Å². The monoisotopic (exact) mass is 453 g/mol. The van der Waals surface area contributed by atoms with Gasteiger partial charge in [0.15, 0.2) is 0 Å². The number of fused-ring (bicyclic) bond motifs is 1. The summed E-state index contributed by atoms with van der Waals surface area (Å²) < 4.78 is 6.02. The maximum atomic E-state index is 13.5. The highest BCUT2D eigenvalue weighted by Crippen LogP contribution is 2.48. The molecule has 2 heterocycles. The van der Waals surface area contributed by atoms with Gasteiger partial charge in [-0.25, -0.2) is 0 Å². The number of aromatic nitrogens is 1. The third kappa shape index (κ3) is 4.26. The lowest BCUT2D eigenvalue weighted by Crippen LogP contribution is -2.48. The first kappa shape index (κ1) is 22.4. The number of hydrogen-bond donors (Lipinski definition) is 1. The molecule has 5 rings (SSSR count). The highest BCUT2D eigenvalue weighted by molar-refractivity contribution is 5.97. The fourth-order valence-electron chi connectivity index (χ4n) is 4.73. The van der Waals surface area contributed by atoms with Crippen LogP contribution in [-0.4, -0.2) is 42.0 Å². The van der Waals surface area contributed by atoms with Crippen LogP contribution >= 0.6 is 0 Å². The molecule has 2 aromatic carbocycles. The van der Waals surface area contributed by atoms with Crippen LogP contribution in [0.3, 0.4) is 0 Å². The normalized spacial score (nSPS) is 18.5. The molecule has 2 fully saturated rings. The number of benzene rings is 2. The zero-order chi connectivity index (χ0) is 23.9. The Balaban J connectivity index is 1.42. The molecule has 5 heteroatoms. The van der Waals surface area contributed by atoms with Gasteiger partial charge in [0.1, 0.15) is 12.4 Å². The van der Waals surface area contributed by atoms with E-state index in [1.165, 1.54) is 0 Å². The van der Waals surface area contributed by atoms with E-state index in [1.807, 2.05) is 51.1 Å². The van der Waals surface area contributed by atoms with Crippen molar-refractivity contribution in [2.24, 2.45) is 0 Å². The molecule has 1 N–H and O–H groups in total. The maximum absolute atomic E-state index is 13.5. The highest BCUT2D eigenvalue weighted by Gasteiger charge is 2.47. The minimum Gasteiger partial charge on any atom is -0.492 e. The molecule has 1 aliphatic heterocycles. The topological polar surface area (TPSA) is 54.5 Å². The minimum absolute atomic E-state index is 0.0681. The van der Waals surface area contributed by atoms with Crippen LogP contribution in [0, 0.1) is 25.7 Å². The average molecular weight is 454 g/mol. The molecule has 174 valence electrons. The second-order valence-electron chi connectivity index (χ2n) is 9.67. The molecular weight excluding hydrogens is 422 g/mol. The average Bonchev–Trinajstić information content (AvgIpc) is 3.59. The van der Waals surface area contributed by atoms with Crippen LogP contribution in [-0.2, 0) is 5.54 Å². The fourth-order valence-corrected chi connectivity index (χ4v) is 4.73. The molecule has 1 saturated carbocycles. The molecule has 0 radical (unpaired) electrons. The van der Waals surface area contributed by atoms with Crippen molar-refractivity contribution >= 4 is 16.8 Å². The molecule has 1 saturated heterocycles. The van der Waals surface area contributed by atoms with Crippen LogP contribution in [0.2, 0.25) is 0 Å². The molecular formula is C29H31N3O2. The Morgan fingerprint density at radius 3 is 2.71 bits per heavy atom. The predicted molar refractivity (Wildman–Crippen MR) is 135 cm³/mol. The van der Waals surface area contributed by atoms with Crippen molar-refractivity contribution in [3.8, 4) is 17.6 Å². The van der Waals surface area contributed by atoms with Gasteiger partial charge in [0, 0.05) is 28.2 Å². The van der Waals surface area contributed by atoms with Gasteiger partial charge in [0.05, 0.1) is 11.1 Å². The number of nitrogens with one attached hydrogen (secondary N) is 1. The Labute approximate surface area is 201 Å². The Morgan fingerprint density at radius 2 is 2.03 bits per heavy atom. The Morgan fingerprint density at radius 1 is 1.21 bits per heavy atom. The van der Waals surface area contributed by atoms with Crippen LogP contribution in [0.15, 0.2) is 42.5 Å². The number of carbonyl (C=O) groups is 1. The largest absolute Gasteiger partial charge is 0.492 e. The van der Waals surface area contributed by atoms with E-state index in [4.69, 9.17) is 9.72 Å². The SMILES string of the molecule is CC#Cc1cc(C2(NC(=O)c3cc(OCC4CCN4C)ccc3C)CC2)c2ccc(C)nc2c1. The summed E-state index contributed by atoms with van der Waals surface area (Å²) in [5, 5.41) is 4.43. The lowest BCUT2D eigenvalue weighted by molar-refractivity contribution is 0.0767. The summed E-state index contributed by atoms with van der Waals surface area (Å²) in [4.78, 5) is 20.5. The van der Waals surface area contributed by atoms with Crippen molar-refractivity contribution in [1.82, 2.24) is 15.2 Å². The smallest absolute Gasteiger partial charge is 0.252 e. The van der Waals surface area contributed by atoms with Crippen molar-refractivity contribution in [3.05, 3.63) is 70.4 Å². The lowest BCUT2D eigenvalue weighted by Gasteiger charge is -2.37. The summed E-state index contributed by atoms with van der Waals surface area (Å²) in [6, 6.07) is 14.5. The summed E-state index contributed by atoms with van der Waals surface area (Å²) in [5.41, 5.74) is 5.12. The van der Waals surface area contributed by atoms with Gasteiger partial charge in [-0.15, -0.1) is 5.92 Å². The minimum atomic E-state index is -0.393. The number of likely N-dealkylation sites (tertiary alicyclic amines) is 1. The van der Waals surface area contributed by atoms with Gasteiger partial charge < -0.3 is 10.1 Å². The molecule has 1 amide bonds. The number of carbonyl (C=O) groups excluding carboxylic acids is 1. The number of pyridine rings is 1. The third-order valence-electron chi connectivity index (χ3n) is 7.17. The summed E-state index contributed by atoms with van der Waals surface area (Å²) in [6.07, 6.45) is 2.95. The van der Waals surface area contributed by atoms with E-state index in [1.54, 1.807) is 0 Å².